The Morgan fingerprint density at radius 3 is 2.44 bits per heavy atom. The van der Waals surface area contributed by atoms with Gasteiger partial charge in [-0.1, -0.05) is 69.4 Å². The lowest BCUT2D eigenvalue weighted by atomic mass is 9.97. The summed E-state index contributed by atoms with van der Waals surface area (Å²) in [6.45, 7) is 6.83. The van der Waals surface area contributed by atoms with Gasteiger partial charge in [0.25, 0.3) is 11.8 Å². The number of hydrogen-bond acceptors (Lipinski definition) is 13. The summed E-state index contributed by atoms with van der Waals surface area (Å²) in [7, 11) is 0. The number of amides is 5. The fourth-order valence-electron chi connectivity index (χ4n) is 7.90. The summed E-state index contributed by atoms with van der Waals surface area (Å²) < 4.78 is 12.9. The number of carbonyl (C=O) groups is 5. The monoisotopic (exact) mass is 851 g/mol. The molecule has 0 aliphatic carbocycles. The Balaban J connectivity index is 0.814. The predicted molar refractivity (Wildman–Crippen MR) is 229 cm³/mol. The minimum absolute atomic E-state index is 0.0865. The summed E-state index contributed by atoms with van der Waals surface area (Å²) in [5.41, 5.74) is 8.19. The maximum absolute atomic E-state index is 13.3. The van der Waals surface area contributed by atoms with Crippen molar-refractivity contribution in [3.05, 3.63) is 46.8 Å². The van der Waals surface area contributed by atoms with Crippen molar-refractivity contribution in [3.8, 4) is 29.1 Å². The van der Waals surface area contributed by atoms with Crippen molar-refractivity contribution >= 4 is 46.4 Å². The average molecular weight is 852 g/mol. The molecule has 1 aromatic carbocycles. The minimum Gasteiger partial charge on any atom is -0.490 e. The van der Waals surface area contributed by atoms with Crippen LogP contribution >= 0.6 is 0 Å². The molecule has 6 rings (SSSR count). The number of nitrogen functional groups attached to an aromatic ring is 1. The van der Waals surface area contributed by atoms with Crippen molar-refractivity contribution in [1.29, 1.82) is 0 Å². The standard InChI is InChI=1S/C45H57N9O8/c1-4-53-39-33(28-48-31(24-25-45(2,3)60)37(39)50-41(53)38-40(46)52-62-51-38)61-27-16-12-8-10-14-21-34(55)47-26-15-11-7-5-6-9-13-18-29-19-17-20-30-36(29)44(59)54(43(30)58)32-22-23-35(56)49-42(32)57/h17,19-20,28,32,60H,4-16,18,21-23,26-27H2,1-3H3,(H2,46,52)(H,47,55)(H,49,56,57). The van der Waals surface area contributed by atoms with Gasteiger partial charge in [-0.05, 0) is 87.2 Å². The molecular formula is C45H57N9O8. The summed E-state index contributed by atoms with van der Waals surface area (Å²) in [6, 6.07) is 4.32. The van der Waals surface area contributed by atoms with Crippen molar-refractivity contribution in [2.75, 3.05) is 18.9 Å². The maximum Gasteiger partial charge on any atom is 0.262 e. The van der Waals surface area contributed by atoms with Crippen LogP contribution in [0.15, 0.2) is 29.0 Å². The van der Waals surface area contributed by atoms with E-state index in [1.54, 1.807) is 32.2 Å². The van der Waals surface area contributed by atoms with Crippen LogP contribution in [0.3, 0.4) is 0 Å². The van der Waals surface area contributed by atoms with Crippen LogP contribution in [-0.2, 0) is 27.3 Å². The van der Waals surface area contributed by atoms with Gasteiger partial charge in [0.15, 0.2) is 23.1 Å². The first-order valence-electron chi connectivity index (χ1n) is 21.8. The normalized spacial score (nSPS) is 15.2. The van der Waals surface area contributed by atoms with E-state index in [2.05, 4.69) is 37.8 Å². The second-order valence-corrected chi connectivity index (χ2v) is 16.4. The quantitative estimate of drug-likeness (QED) is 0.0440. The SMILES string of the molecule is CCn1c(-c2nonc2N)nc2c(C#CC(C)(C)O)ncc(OCCCCCCCC(=O)NCCCCCCCCCc3cccc4c3C(=O)N(C3CCC(=O)NC3=O)C4=O)c21. The van der Waals surface area contributed by atoms with Crippen molar-refractivity contribution in [2.45, 2.75) is 142 Å². The molecule has 0 saturated carbocycles. The molecule has 1 fully saturated rings. The number of fused-ring (bicyclic) bond motifs is 2. The molecular weight excluding hydrogens is 795 g/mol. The number of piperidine rings is 1. The second kappa shape index (κ2) is 21.1. The number of anilines is 1. The predicted octanol–water partition coefficient (Wildman–Crippen LogP) is 5.42. The van der Waals surface area contributed by atoms with Gasteiger partial charge >= 0.3 is 0 Å². The highest BCUT2D eigenvalue weighted by Gasteiger charge is 2.45. The van der Waals surface area contributed by atoms with Crippen molar-refractivity contribution in [2.24, 2.45) is 0 Å². The highest BCUT2D eigenvalue weighted by Crippen LogP contribution is 2.34. The lowest BCUT2D eigenvalue weighted by Crippen LogP contribution is -2.54. The van der Waals surface area contributed by atoms with E-state index in [0.29, 0.717) is 77.7 Å². The number of aromatic nitrogens is 5. The van der Waals surface area contributed by atoms with Crippen LogP contribution in [0.2, 0.25) is 0 Å². The Morgan fingerprint density at radius 2 is 1.73 bits per heavy atom. The number of imide groups is 2. The van der Waals surface area contributed by atoms with E-state index in [1.807, 2.05) is 17.6 Å². The molecule has 1 unspecified atom stereocenters. The molecule has 2 aliphatic rings. The molecule has 5 amide bonds. The lowest BCUT2D eigenvalue weighted by molar-refractivity contribution is -0.136. The first-order chi connectivity index (χ1) is 29.9. The molecule has 5 heterocycles. The molecule has 17 nitrogen and oxygen atoms in total. The molecule has 17 heteroatoms. The van der Waals surface area contributed by atoms with E-state index < -0.39 is 35.3 Å². The molecule has 5 N–H and O–H groups in total. The number of nitrogens with one attached hydrogen (secondary N) is 2. The Kier molecular flexibility index (Phi) is 15.4. The fraction of sp³-hybridized carbons (Fsp3) is 0.533. The Bertz CT molecular complexity index is 2330. The van der Waals surface area contributed by atoms with E-state index in [-0.39, 0.29) is 24.6 Å². The number of imidazole rings is 1. The van der Waals surface area contributed by atoms with Crippen molar-refractivity contribution in [1.82, 2.24) is 40.4 Å². The summed E-state index contributed by atoms with van der Waals surface area (Å²) in [5.74, 6) is 5.01. The molecule has 330 valence electrons. The number of aryl methyl sites for hydroxylation is 2. The third-order valence-electron chi connectivity index (χ3n) is 11.1. The van der Waals surface area contributed by atoms with Crippen LogP contribution in [0.5, 0.6) is 5.75 Å². The zero-order valence-electron chi connectivity index (χ0n) is 35.9. The molecule has 0 radical (unpaired) electrons. The molecule has 1 atom stereocenters. The summed E-state index contributed by atoms with van der Waals surface area (Å²) in [5, 5.41) is 23.1. The van der Waals surface area contributed by atoms with Gasteiger partial charge < -0.3 is 25.5 Å². The topological polar surface area (TPSA) is 238 Å². The summed E-state index contributed by atoms with van der Waals surface area (Å²) in [4.78, 5) is 73.0. The van der Waals surface area contributed by atoms with Crippen LogP contribution in [0.25, 0.3) is 22.6 Å². The van der Waals surface area contributed by atoms with Crippen molar-refractivity contribution < 1.29 is 38.4 Å². The first kappa shape index (κ1) is 45.4. The largest absolute Gasteiger partial charge is 0.490 e. The van der Waals surface area contributed by atoms with Crippen LogP contribution in [0, 0.1) is 11.8 Å². The van der Waals surface area contributed by atoms with E-state index in [4.69, 9.17) is 20.1 Å². The zero-order chi connectivity index (χ0) is 44.2. The van der Waals surface area contributed by atoms with E-state index in [9.17, 15) is 29.1 Å². The number of carbonyl (C=O) groups excluding carboxylic acids is 5. The van der Waals surface area contributed by atoms with Gasteiger partial charge in [-0.25, -0.2) is 14.6 Å². The molecule has 62 heavy (non-hydrogen) atoms. The molecule has 4 aromatic rings. The third kappa shape index (κ3) is 11.2. The highest BCUT2D eigenvalue weighted by molar-refractivity contribution is 6.24. The number of ether oxygens (including phenoxy) is 1. The summed E-state index contributed by atoms with van der Waals surface area (Å²) in [6.07, 6.45) is 14.7. The third-order valence-corrected chi connectivity index (χ3v) is 11.1. The number of pyridine rings is 1. The molecule has 1 saturated heterocycles. The minimum atomic E-state index is -1.21. The van der Waals surface area contributed by atoms with Gasteiger partial charge in [0.1, 0.15) is 28.4 Å². The number of nitrogens with zero attached hydrogens (tertiary/aromatic N) is 6. The Hall–Kier alpha value is -6.15. The van der Waals surface area contributed by atoms with Gasteiger partial charge in [-0.15, -0.1) is 0 Å². The lowest BCUT2D eigenvalue weighted by Gasteiger charge is -2.27. The number of benzene rings is 1. The van der Waals surface area contributed by atoms with E-state index in [0.717, 1.165) is 87.5 Å². The maximum atomic E-state index is 13.3. The Labute approximate surface area is 360 Å². The van der Waals surface area contributed by atoms with Gasteiger partial charge in [0.05, 0.1) is 23.9 Å². The van der Waals surface area contributed by atoms with Gasteiger partial charge in [0, 0.05) is 25.9 Å². The zero-order valence-corrected chi connectivity index (χ0v) is 35.9. The number of aliphatic hydroxyl groups is 1. The van der Waals surface area contributed by atoms with Crippen LogP contribution in [0.4, 0.5) is 5.82 Å². The van der Waals surface area contributed by atoms with Crippen LogP contribution < -0.4 is 21.1 Å². The number of hydrogen-bond donors (Lipinski definition) is 4. The first-order valence-corrected chi connectivity index (χ1v) is 21.8. The van der Waals surface area contributed by atoms with Crippen LogP contribution in [0.1, 0.15) is 149 Å². The molecule has 0 spiro atoms. The average Bonchev–Trinajstić information content (AvgIpc) is 3.92. The Morgan fingerprint density at radius 1 is 1.00 bits per heavy atom. The summed E-state index contributed by atoms with van der Waals surface area (Å²) >= 11 is 0. The van der Waals surface area contributed by atoms with E-state index >= 15 is 0 Å². The fourth-order valence-corrected chi connectivity index (χ4v) is 7.90. The smallest absolute Gasteiger partial charge is 0.262 e. The molecule has 2 aliphatic heterocycles. The highest BCUT2D eigenvalue weighted by atomic mass is 16.6. The van der Waals surface area contributed by atoms with Crippen molar-refractivity contribution in [3.63, 3.8) is 0 Å². The van der Waals surface area contributed by atoms with Gasteiger partial charge in [0.2, 0.25) is 17.7 Å². The number of unbranched alkanes of at least 4 members (excludes halogenated alkanes) is 10. The molecule has 3 aromatic heterocycles. The van der Waals surface area contributed by atoms with Gasteiger partial charge in [-0.2, -0.15) is 0 Å². The van der Waals surface area contributed by atoms with Crippen LogP contribution in [-0.4, -0.2) is 89.2 Å². The number of nitrogens with two attached hydrogens (primary N) is 1. The molecule has 0 bridgehead atoms. The van der Waals surface area contributed by atoms with E-state index in [1.165, 1.54) is 0 Å². The van der Waals surface area contributed by atoms with Gasteiger partial charge in [-0.3, -0.25) is 34.2 Å². The second-order valence-electron chi connectivity index (χ2n) is 16.4. The number of rotatable bonds is 22.